The molecule has 1 unspecified atom stereocenters. The highest BCUT2D eigenvalue weighted by Crippen LogP contribution is 2.37. The Balaban J connectivity index is 2.27. The van der Waals surface area contributed by atoms with Crippen LogP contribution in [0.5, 0.6) is 5.75 Å². The highest BCUT2D eigenvalue weighted by atomic mass is 35.5. The highest BCUT2D eigenvalue weighted by molar-refractivity contribution is 7.86. The molecule has 0 aromatic heterocycles. The van der Waals surface area contributed by atoms with Gasteiger partial charge in [0.2, 0.25) is 16.2 Å². The maximum Gasteiger partial charge on any atom is 0.294 e. The molecule has 1 aliphatic rings. The number of anilines is 1. The summed E-state index contributed by atoms with van der Waals surface area (Å²) in [6.45, 7) is 0. The number of aromatic hydroxyl groups is 1. The molecule has 2 aromatic carbocycles. The summed E-state index contributed by atoms with van der Waals surface area (Å²) >= 11 is 17.6. The van der Waals surface area contributed by atoms with Gasteiger partial charge in [0.15, 0.2) is 0 Å². The van der Waals surface area contributed by atoms with E-state index in [0.717, 1.165) is 29.3 Å². The van der Waals surface area contributed by atoms with Gasteiger partial charge in [0, 0.05) is 11.5 Å². The van der Waals surface area contributed by atoms with E-state index < -0.39 is 41.4 Å². The Kier molecular flexibility index (Phi) is 5.59. The molecule has 0 saturated carbocycles. The van der Waals surface area contributed by atoms with Gasteiger partial charge in [-0.2, -0.15) is 21.8 Å². The van der Waals surface area contributed by atoms with Crippen molar-refractivity contribution in [1.82, 2.24) is 5.01 Å². The maximum atomic E-state index is 11.6. The van der Waals surface area contributed by atoms with Gasteiger partial charge in [-0.25, -0.2) is 10.0 Å². The molecule has 0 spiro atoms. The summed E-state index contributed by atoms with van der Waals surface area (Å²) in [6.07, 6.45) is 0. The quantitative estimate of drug-likeness (QED) is 0.278. The van der Waals surface area contributed by atoms with E-state index in [4.69, 9.17) is 34.8 Å². The van der Waals surface area contributed by atoms with Crippen molar-refractivity contribution in [2.24, 2.45) is 9.98 Å². The largest absolute Gasteiger partial charge is 0.507 e. The molecule has 11 nitrogen and oxygen atoms in total. The van der Waals surface area contributed by atoms with Crippen molar-refractivity contribution in [3.8, 4) is 5.75 Å². The molecule has 156 valence electrons. The summed E-state index contributed by atoms with van der Waals surface area (Å²) in [5, 5.41) is 10.5. The van der Waals surface area contributed by atoms with Crippen LogP contribution in [-0.4, -0.2) is 52.3 Å². The number of nitrogens with one attached hydrogen (secondary N) is 1. The van der Waals surface area contributed by atoms with Crippen LogP contribution in [0.2, 0.25) is 0 Å². The van der Waals surface area contributed by atoms with E-state index in [-0.39, 0.29) is 27.0 Å². The van der Waals surface area contributed by atoms with E-state index in [1.807, 2.05) is 0 Å². The van der Waals surface area contributed by atoms with Gasteiger partial charge in [0.05, 0.1) is 15.5 Å². The average molecular weight is 504 g/mol. The molecule has 0 radical (unpaired) electrons. The van der Waals surface area contributed by atoms with Crippen LogP contribution in [0, 0.1) is 0 Å². The molecular formula is C13H9Cl3N4O7S2. The van der Waals surface area contributed by atoms with Gasteiger partial charge in [-0.1, -0.05) is 11.6 Å². The topological polar surface area (TPSA) is 169 Å². The van der Waals surface area contributed by atoms with Crippen molar-refractivity contribution in [3.05, 3.63) is 24.3 Å². The number of phenols is 1. The number of benzene rings is 2. The lowest BCUT2D eigenvalue weighted by Gasteiger charge is -2.29. The lowest BCUT2D eigenvalue weighted by atomic mass is 10.1. The molecule has 1 aliphatic heterocycles. The fourth-order valence-electron chi connectivity index (χ4n) is 2.45. The summed E-state index contributed by atoms with van der Waals surface area (Å²) in [5.74, 6) is -0.641. The second-order valence-corrected chi connectivity index (χ2v) is 9.44. The molecule has 4 N–H and O–H groups in total. The summed E-state index contributed by atoms with van der Waals surface area (Å²) in [6, 6.07) is 3.46. The Hall–Kier alpha value is -1.87. The van der Waals surface area contributed by atoms with Crippen LogP contribution in [0.25, 0.3) is 10.8 Å². The number of rotatable bonds is 4. The Bertz CT molecular complexity index is 1290. The summed E-state index contributed by atoms with van der Waals surface area (Å²) in [7, 11) is -9.48. The van der Waals surface area contributed by atoms with Crippen LogP contribution in [0.15, 0.2) is 44.0 Å². The smallest absolute Gasteiger partial charge is 0.294 e. The third-order valence-corrected chi connectivity index (χ3v) is 6.03. The lowest BCUT2D eigenvalue weighted by molar-refractivity contribution is 0.466. The molecule has 16 heteroatoms. The first-order valence-electron chi connectivity index (χ1n) is 7.20. The number of aliphatic imine (C=N–C) groups is 2. The second kappa shape index (κ2) is 7.43. The summed E-state index contributed by atoms with van der Waals surface area (Å²) in [5.41, 5.74) is 1.19. The van der Waals surface area contributed by atoms with Crippen molar-refractivity contribution in [1.29, 1.82) is 0 Å². The fraction of sp³-hybridized carbons (Fsp3) is 0.0769. The first-order valence-corrected chi connectivity index (χ1v) is 11.3. The molecule has 0 saturated heterocycles. The van der Waals surface area contributed by atoms with E-state index in [9.17, 15) is 31.0 Å². The number of hydrazine groups is 1. The molecule has 2 aromatic rings. The monoisotopic (exact) mass is 502 g/mol. The van der Waals surface area contributed by atoms with Gasteiger partial charge < -0.3 is 5.11 Å². The van der Waals surface area contributed by atoms with Crippen LogP contribution in [0.4, 0.5) is 5.69 Å². The molecule has 29 heavy (non-hydrogen) atoms. The van der Waals surface area contributed by atoms with E-state index in [1.165, 1.54) is 0 Å². The maximum absolute atomic E-state index is 11.6. The number of hydrogen-bond donors (Lipinski definition) is 4. The van der Waals surface area contributed by atoms with Crippen molar-refractivity contribution < 1.29 is 31.0 Å². The SMILES string of the molecule is O=S(=O)(O)c1cc(O)c2c(NN3C(Cl)=NC(Cl)=NC3Cl)cc(S(=O)(=O)O)cc2c1. The van der Waals surface area contributed by atoms with Crippen molar-refractivity contribution in [2.45, 2.75) is 15.4 Å². The van der Waals surface area contributed by atoms with E-state index >= 15 is 0 Å². The Morgan fingerprint density at radius 1 is 1.00 bits per heavy atom. The number of halogens is 3. The zero-order chi connectivity index (χ0) is 21.7. The molecule has 0 aliphatic carbocycles. The Morgan fingerprint density at radius 3 is 2.07 bits per heavy atom. The van der Waals surface area contributed by atoms with Crippen LogP contribution in [0.1, 0.15) is 0 Å². The Morgan fingerprint density at radius 2 is 1.55 bits per heavy atom. The molecule has 3 rings (SSSR count). The van der Waals surface area contributed by atoms with Crippen molar-refractivity contribution in [3.63, 3.8) is 0 Å². The number of hydrogen-bond acceptors (Lipinski definition) is 9. The minimum atomic E-state index is -4.75. The highest BCUT2D eigenvalue weighted by Gasteiger charge is 2.26. The average Bonchev–Trinajstić information content (AvgIpc) is 2.55. The Labute approximate surface area is 178 Å². The van der Waals surface area contributed by atoms with Gasteiger partial charge in [-0.15, -0.1) is 0 Å². The third-order valence-electron chi connectivity index (χ3n) is 3.62. The van der Waals surface area contributed by atoms with E-state index in [2.05, 4.69) is 15.4 Å². The molecule has 1 atom stereocenters. The van der Waals surface area contributed by atoms with Crippen LogP contribution < -0.4 is 5.43 Å². The fourth-order valence-corrected chi connectivity index (χ4v) is 4.29. The first kappa shape index (κ1) is 21.8. The van der Waals surface area contributed by atoms with Crippen LogP contribution in [0.3, 0.4) is 0 Å². The van der Waals surface area contributed by atoms with Gasteiger partial charge in [-0.05, 0) is 46.8 Å². The first-order chi connectivity index (χ1) is 13.3. The summed E-state index contributed by atoms with van der Waals surface area (Å²) < 4.78 is 64.7. The molecule has 0 fully saturated rings. The van der Waals surface area contributed by atoms with Gasteiger partial charge in [0.25, 0.3) is 20.2 Å². The zero-order valence-corrected chi connectivity index (χ0v) is 17.6. The van der Waals surface area contributed by atoms with Crippen LogP contribution >= 0.6 is 34.8 Å². The summed E-state index contributed by atoms with van der Waals surface area (Å²) in [4.78, 5) is 6.03. The van der Waals surface area contributed by atoms with Crippen molar-refractivity contribution >= 4 is 82.1 Å². The normalized spacial score (nSPS) is 17.8. The van der Waals surface area contributed by atoms with Crippen LogP contribution in [-0.2, 0) is 20.2 Å². The number of nitrogens with zero attached hydrogens (tertiary/aromatic N) is 3. The molecule has 1 heterocycles. The number of alkyl halides is 1. The van der Waals surface area contributed by atoms with Gasteiger partial charge in [-0.3, -0.25) is 14.5 Å². The number of amidine groups is 2. The van der Waals surface area contributed by atoms with E-state index in [1.54, 1.807) is 0 Å². The van der Waals surface area contributed by atoms with Gasteiger partial charge in [0.1, 0.15) is 5.75 Å². The lowest BCUT2D eigenvalue weighted by Crippen LogP contribution is -2.41. The van der Waals surface area contributed by atoms with E-state index in [0.29, 0.717) is 0 Å². The van der Waals surface area contributed by atoms with Gasteiger partial charge >= 0.3 is 0 Å². The van der Waals surface area contributed by atoms with Crippen molar-refractivity contribution in [2.75, 3.05) is 5.43 Å². The standard InChI is InChI=1S/C13H9Cl3N4O7S2/c14-11-17-12(15)20(13(16)18-11)19-8-3-6(28(22,23)24)1-5-2-7(29(25,26)27)4-9(21)10(5)8/h1-4,12,19,21H,(H,22,23,24)(H,25,26,27). The number of fused-ring (bicyclic) bond motifs is 1. The number of phenolic OH excluding ortho intramolecular Hbond substituents is 1. The zero-order valence-electron chi connectivity index (χ0n) is 13.7. The minimum Gasteiger partial charge on any atom is -0.507 e. The predicted molar refractivity (Wildman–Crippen MR) is 107 cm³/mol. The second-order valence-electron chi connectivity index (χ2n) is 5.53. The third kappa shape index (κ3) is 4.50. The molecular weight excluding hydrogens is 495 g/mol. The predicted octanol–water partition coefficient (Wildman–Crippen LogP) is 2.39. The molecule has 0 bridgehead atoms. The molecule has 0 amide bonds. The minimum absolute atomic E-state index is 0.0845.